The summed E-state index contributed by atoms with van der Waals surface area (Å²) in [5.74, 6) is -1.14. The first-order valence-corrected chi connectivity index (χ1v) is 7.05. The Kier molecular flexibility index (Phi) is 5.15. The van der Waals surface area contributed by atoms with Crippen LogP contribution in [0.4, 0.5) is 0 Å². The molecule has 0 fully saturated rings. The monoisotopic (exact) mass is 295 g/mol. The molecule has 0 bridgehead atoms. The molecule has 0 saturated heterocycles. The molecular weight excluding hydrogens is 270 g/mol. The number of hydrogen-bond donors (Lipinski definition) is 1. The Labute approximate surface area is 125 Å². The van der Waals surface area contributed by atoms with Crippen LogP contribution in [-0.2, 0) is 23.1 Å². The van der Waals surface area contributed by atoms with Crippen molar-refractivity contribution in [2.75, 3.05) is 6.54 Å². The van der Waals surface area contributed by atoms with E-state index in [2.05, 4.69) is 5.10 Å². The fraction of sp³-hybridized carbons (Fsp3) is 0.667. The molecule has 0 aliphatic heterocycles. The van der Waals surface area contributed by atoms with Gasteiger partial charge in [0.15, 0.2) is 0 Å². The summed E-state index contributed by atoms with van der Waals surface area (Å²) in [6.45, 7) is 9.15. The van der Waals surface area contributed by atoms with Crippen LogP contribution in [0.2, 0.25) is 0 Å². The lowest BCUT2D eigenvalue weighted by Crippen LogP contribution is -2.48. The number of rotatable bonds is 5. The van der Waals surface area contributed by atoms with Crippen molar-refractivity contribution in [3.63, 3.8) is 0 Å². The van der Waals surface area contributed by atoms with Gasteiger partial charge in [-0.1, -0.05) is 0 Å². The third-order valence-corrected chi connectivity index (χ3v) is 3.65. The molecule has 21 heavy (non-hydrogen) atoms. The largest absolute Gasteiger partial charge is 0.480 e. The molecule has 0 saturated carbocycles. The molecule has 0 aliphatic rings. The molecule has 1 amide bonds. The molecule has 1 heterocycles. The van der Waals surface area contributed by atoms with Crippen LogP contribution >= 0.6 is 0 Å². The van der Waals surface area contributed by atoms with Crippen molar-refractivity contribution in [3.05, 3.63) is 17.0 Å². The van der Waals surface area contributed by atoms with Crippen LogP contribution in [-0.4, -0.2) is 43.7 Å². The van der Waals surface area contributed by atoms with E-state index in [0.717, 1.165) is 17.0 Å². The zero-order chi connectivity index (χ0) is 16.4. The first-order chi connectivity index (χ1) is 9.54. The first-order valence-electron chi connectivity index (χ1n) is 7.05. The van der Waals surface area contributed by atoms with Crippen LogP contribution in [0.3, 0.4) is 0 Å². The quantitative estimate of drug-likeness (QED) is 0.896. The lowest BCUT2D eigenvalue weighted by molar-refractivity contribution is -0.148. The SMILES string of the molecule is Cc1nn(C)c(C)c1CCC(=O)N(CC(=O)O)C(C)(C)C. The zero-order valence-electron chi connectivity index (χ0n) is 13.7. The van der Waals surface area contributed by atoms with E-state index in [0.29, 0.717) is 6.42 Å². The minimum atomic E-state index is -0.994. The maximum Gasteiger partial charge on any atom is 0.323 e. The molecule has 1 rings (SSSR count). The van der Waals surface area contributed by atoms with E-state index in [4.69, 9.17) is 5.11 Å². The molecule has 0 spiro atoms. The van der Waals surface area contributed by atoms with E-state index in [1.807, 2.05) is 41.7 Å². The Morgan fingerprint density at radius 2 is 1.86 bits per heavy atom. The number of carbonyl (C=O) groups is 2. The molecule has 6 nitrogen and oxygen atoms in total. The minimum Gasteiger partial charge on any atom is -0.480 e. The average molecular weight is 295 g/mol. The first kappa shape index (κ1) is 17.2. The van der Waals surface area contributed by atoms with E-state index in [1.54, 1.807) is 4.68 Å². The summed E-state index contributed by atoms with van der Waals surface area (Å²) in [6, 6.07) is 0. The number of nitrogens with zero attached hydrogens (tertiary/aromatic N) is 3. The van der Waals surface area contributed by atoms with Gasteiger partial charge in [0.05, 0.1) is 5.69 Å². The number of aromatic nitrogens is 2. The summed E-state index contributed by atoms with van der Waals surface area (Å²) in [7, 11) is 1.87. The van der Waals surface area contributed by atoms with Gasteiger partial charge in [0.25, 0.3) is 0 Å². The summed E-state index contributed by atoms with van der Waals surface area (Å²) in [6.07, 6.45) is 0.870. The van der Waals surface area contributed by atoms with E-state index in [-0.39, 0.29) is 18.9 Å². The third kappa shape index (κ3) is 4.31. The summed E-state index contributed by atoms with van der Waals surface area (Å²) < 4.78 is 1.80. The maximum absolute atomic E-state index is 12.4. The molecule has 0 unspecified atom stereocenters. The van der Waals surface area contributed by atoms with Gasteiger partial charge >= 0.3 is 5.97 Å². The van der Waals surface area contributed by atoms with Crippen molar-refractivity contribution in [3.8, 4) is 0 Å². The van der Waals surface area contributed by atoms with Crippen LogP contribution in [0.15, 0.2) is 0 Å². The molecule has 6 heteroatoms. The van der Waals surface area contributed by atoms with Crippen LogP contribution in [0.25, 0.3) is 0 Å². The Morgan fingerprint density at radius 3 is 2.24 bits per heavy atom. The highest BCUT2D eigenvalue weighted by atomic mass is 16.4. The molecule has 1 N–H and O–H groups in total. The Bertz CT molecular complexity index is 541. The molecule has 1 aromatic rings. The van der Waals surface area contributed by atoms with Gasteiger partial charge < -0.3 is 10.0 Å². The van der Waals surface area contributed by atoms with E-state index in [1.165, 1.54) is 4.90 Å². The molecule has 0 atom stereocenters. The predicted octanol–water partition coefficient (Wildman–Crippen LogP) is 1.68. The number of carboxylic acid groups (broad SMARTS) is 1. The second-order valence-electron chi connectivity index (χ2n) is 6.32. The number of aryl methyl sites for hydroxylation is 2. The Balaban J connectivity index is 2.81. The third-order valence-electron chi connectivity index (χ3n) is 3.65. The number of aliphatic carboxylic acids is 1. The van der Waals surface area contributed by atoms with Crippen LogP contribution < -0.4 is 0 Å². The topological polar surface area (TPSA) is 75.4 Å². The molecule has 118 valence electrons. The van der Waals surface area contributed by atoms with Crippen molar-refractivity contribution in [1.29, 1.82) is 0 Å². The molecule has 1 aromatic heterocycles. The van der Waals surface area contributed by atoms with Crippen molar-refractivity contribution in [1.82, 2.24) is 14.7 Å². The lowest BCUT2D eigenvalue weighted by atomic mass is 10.0. The number of carboxylic acids is 1. The van der Waals surface area contributed by atoms with Crippen molar-refractivity contribution >= 4 is 11.9 Å². The van der Waals surface area contributed by atoms with E-state index in [9.17, 15) is 9.59 Å². The normalized spacial score (nSPS) is 11.5. The van der Waals surface area contributed by atoms with E-state index < -0.39 is 11.5 Å². The number of carbonyl (C=O) groups excluding carboxylic acids is 1. The minimum absolute atomic E-state index is 0.146. The van der Waals surface area contributed by atoms with Gasteiger partial charge in [-0.3, -0.25) is 14.3 Å². The molecule has 0 aliphatic carbocycles. The van der Waals surface area contributed by atoms with Gasteiger partial charge in [-0.15, -0.1) is 0 Å². The van der Waals surface area contributed by atoms with Gasteiger partial charge in [-0.2, -0.15) is 5.10 Å². The summed E-state index contributed by atoms with van der Waals surface area (Å²) >= 11 is 0. The highest BCUT2D eigenvalue weighted by molar-refractivity contribution is 5.82. The summed E-state index contributed by atoms with van der Waals surface area (Å²) in [5, 5.41) is 13.3. The molecule has 0 aromatic carbocycles. The van der Waals surface area contributed by atoms with Gasteiger partial charge in [-0.25, -0.2) is 0 Å². The summed E-state index contributed by atoms with van der Waals surface area (Å²) in [5.41, 5.74) is 2.52. The van der Waals surface area contributed by atoms with Gasteiger partial charge in [-0.05, 0) is 46.6 Å². The van der Waals surface area contributed by atoms with Gasteiger partial charge in [0.1, 0.15) is 6.54 Å². The second-order valence-corrected chi connectivity index (χ2v) is 6.32. The van der Waals surface area contributed by atoms with Crippen molar-refractivity contribution in [2.45, 2.75) is 53.0 Å². The summed E-state index contributed by atoms with van der Waals surface area (Å²) in [4.78, 5) is 24.7. The fourth-order valence-corrected chi connectivity index (χ4v) is 2.38. The molecular formula is C15H25N3O3. The Morgan fingerprint density at radius 1 is 1.29 bits per heavy atom. The van der Waals surface area contributed by atoms with Crippen LogP contribution in [0.1, 0.15) is 44.1 Å². The Hall–Kier alpha value is -1.85. The average Bonchev–Trinajstić information content (AvgIpc) is 2.56. The van der Waals surface area contributed by atoms with Crippen LogP contribution in [0.5, 0.6) is 0 Å². The lowest BCUT2D eigenvalue weighted by Gasteiger charge is -2.34. The smallest absolute Gasteiger partial charge is 0.323 e. The second kappa shape index (κ2) is 6.28. The number of hydrogen-bond acceptors (Lipinski definition) is 3. The fourth-order valence-electron chi connectivity index (χ4n) is 2.38. The maximum atomic E-state index is 12.4. The standard InChI is InChI=1S/C15H25N3O3/c1-10-12(11(2)17(6)16-10)7-8-13(19)18(9-14(20)21)15(3,4)5/h7-9H2,1-6H3,(H,20,21). The highest BCUT2D eigenvalue weighted by Crippen LogP contribution is 2.18. The van der Waals surface area contributed by atoms with E-state index >= 15 is 0 Å². The van der Waals surface area contributed by atoms with Crippen LogP contribution in [0, 0.1) is 13.8 Å². The highest BCUT2D eigenvalue weighted by Gasteiger charge is 2.28. The molecule has 0 radical (unpaired) electrons. The zero-order valence-corrected chi connectivity index (χ0v) is 13.7. The van der Waals surface area contributed by atoms with Crippen molar-refractivity contribution < 1.29 is 14.7 Å². The van der Waals surface area contributed by atoms with Gasteiger partial charge in [0, 0.05) is 24.7 Å². The van der Waals surface area contributed by atoms with Gasteiger partial charge in [0.2, 0.25) is 5.91 Å². The predicted molar refractivity (Wildman–Crippen MR) is 80.1 cm³/mol. The number of amides is 1. The van der Waals surface area contributed by atoms with Crippen molar-refractivity contribution in [2.24, 2.45) is 7.05 Å².